The summed E-state index contributed by atoms with van der Waals surface area (Å²) >= 11 is 0. The van der Waals surface area contributed by atoms with E-state index in [1.165, 1.54) is 0 Å². The molecule has 2 N–H and O–H groups in total. The molecule has 114 valence electrons. The van der Waals surface area contributed by atoms with Crippen LogP contribution in [0.25, 0.3) is 0 Å². The molecular weight excluding hydrogens is 272 g/mol. The van der Waals surface area contributed by atoms with E-state index >= 15 is 0 Å². The van der Waals surface area contributed by atoms with Crippen molar-refractivity contribution >= 4 is 9.84 Å². The summed E-state index contributed by atoms with van der Waals surface area (Å²) < 4.78 is 33.2. The maximum absolute atomic E-state index is 11.5. The van der Waals surface area contributed by atoms with Crippen molar-refractivity contribution in [3.05, 3.63) is 0 Å². The van der Waals surface area contributed by atoms with Gasteiger partial charge < -0.3 is 19.7 Å². The number of aliphatic hydroxyl groups is 2. The van der Waals surface area contributed by atoms with E-state index in [-0.39, 0.29) is 30.6 Å². The zero-order chi connectivity index (χ0) is 14.4. The van der Waals surface area contributed by atoms with Crippen molar-refractivity contribution in [3.63, 3.8) is 0 Å². The highest BCUT2D eigenvalue weighted by Gasteiger charge is 2.43. The van der Waals surface area contributed by atoms with E-state index in [0.717, 1.165) is 0 Å². The fourth-order valence-electron chi connectivity index (χ4n) is 2.47. The van der Waals surface area contributed by atoms with Gasteiger partial charge in [0.05, 0.1) is 37.9 Å². The second-order valence-corrected chi connectivity index (χ2v) is 7.36. The lowest BCUT2D eigenvalue weighted by atomic mass is 9.74. The monoisotopic (exact) mass is 296 g/mol. The smallest absolute Gasteiger partial charge is 0.150 e. The van der Waals surface area contributed by atoms with Gasteiger partial charge in [-0.25, -0.2) is 8.42 Å². The highest BCUT2D eigenvalue weighted by molar-refractivity contribution is 7.91. The highest BCUT2D eigenvalue weighted by atomic mass is 32.2. The van der Waals surface area contributed by atoms with Crippen LogP contribution >= 0.6 is 0 Å². The van der Waals surface area contributed by atoms with E-state index < -0.39 is 15.3 Å². The molecule has 7 heteroatoms. The molecule has 0 aliphatic carbocycles. The molecule has 0 aromatic carbocycles. The normalized spacial score (nSPS) is 22.8. The van der Waals surface area contributed by atoms with Crippen molar-refractivity contribution in [3.8, 4) is 0 Å². The van der Waals surface area contributed by atoms with Crippen molar-refractivity contribution < 1.29 is 28.1 Å². The van der Waals surface area contributed by atoms with Crippen LogP contribution in [0.5, 0.6) is 0 Å². The Hall–Kier alpha value is -0.210. The molecule has 0 aromatic rings. The first-order chi connectivity index (χ1) is 8.99. The molecule has 1 rings (SSSR count). The highest BCUT2D eigenvalue weighted by Crippen LogP contribution is 2.38. The molecular formula is C12H24O6S. The van der Waals surface area contributed by atoms with Gasteiger partial charge >= 0.3 is 0 Å². The van der Waals surface area contributed by atoms with Crippen molar-refractivity contribution in [2.75, 3.05) is 51.6 Å². The number of hydrogen-bond donors (Lipinski definition) is 2. The van der Waals surface area contributed by atoms with Crippen LogP contribution in [0, 0.1) is 11.3 Å². The molecule has 0 spiro atoms. The summed E-state index contributed by atoms with van der Waals surface area (Å²) in [5.41, 5.74) is -0.767. The SMILES string of the molecule is COCCOCCC(CO)(CO)C1CCS(=O)(=O)C1. The van der Waals surface area contributed by atoms with Crippen molar-refractivity contribution in [1.29, 1.82) is 0 Å². The van der Waals surface area contributed by atoms with Gasteiger partial charge in [-0.15, -0.1) is 0 Å². The molecule has 1 unspecified atom stereocenters. The maximum atomic E-state index is 11.5. The van der Waals surface area contributed by atoms with E-state index in [9.17, 15) is 18.6 Å². The Labute approximate surface area is 114 Å². The van der Waals surface area contributed by atoms with Gasteiger partial charge in [-0.3, -0.25) is 0 Å². The number of ether oxygens (including phenoxy) is 2. The lowest BCUT2D eigenvalue weighted by molar-refractivity contribution is -0.0235. The van der Waals surface area contributed by atoms with Gasteiger partial charge in [0.15, 0.2) is 9.84 Å². The average Bonchev–Trinajstić information content (AvgIpc) is 2.75. The fraction of sp³-hybridized carbons (Fsp3) is 1.00. The number of aliphatic hydroxyl groups excluding tert-OH is 2. The van der Waals surface area contributed by atoms with Gasteiger partial charge in [-0.05, 0) is 18.8 Å². The fourth-order valence-corrected chi connectivity index (χ4v) is 4.41. The third kappa shape index (κ3) is 4.68. The van der Waals surface area contributed by atoms with Crippen LogP contribution in [0.15, 0.2) is 0 Å². The van der Waals surface area contributed by atoms with Crippen LogP contribution in [0.2, 0.25) is 0 Å². The lowest BCUT2D eigenvalue weighted by Gasteiger charge is -2.35. The van der Waals surface area contributed by atoms with Crippen LogP contribution in [-0.4, -0.2) is 70.3 Å². The lowest BCUT2D eigenvalue weighted by Crippen LogP contribution is -2.40. The topological polar surface area (TPSA) is 93.1 Å². The third-order valence-electron chi connectivity index (χ3n) is 3.90. The Morgan fingerprint density at radius 3 is 2.37 bits per heavy atom. The third-order valence-corrected chi connectivity index (χ3v) is 5.67. The van der Waals surface area contributed by atoms with E-state index in [1.54, 1.807) is 7.11 Å². The zero-order valence-electron chi connectivity index (χ0n) is 11.4. The standard InChI is InChI=1S/C12H24O6S/c1-17-5-6-18-4-3-12(9-13,10-14)11-2-7-19(15,16)8-11/h11,13-14H,2-10H2,1H3. The molecule has 1 saturated heterocycles. The molecule has 0 radical (unpaired) electrons. The minimum Gasteiger partial charge on any atom is -0.396 e. The Morgan fingerprint density at radius 2 is 1.89 bits per heavy atom. The molecule has 1 atom stereocenters. The number of methoxy groups -OCH3 is 1. The Balaban J connectivity index is 2.54. The summed E-state index contributed by atoms with van der Waals surface area (Å²) in [6.45, 7) is 0.866. The van der Waals surface area contributed by atoms with Crippen LogP contribution in [0.3, 0.4) is 0 Å². The minimum absolute atomic E-state index is 0.0478. The molecule has 1 fully saturated rings. The van der Waals surface area contributed by atoms with E-state index in [1.807, 2.05) is 0 Å². The summed E-state index contributed by atoms with van der Waals surface area (Å²) in [6.07, 6.45) is 0.950. The second-order valence-electron chi connectivity index (χ2n) is 5.13. The summed E-state index contributed by atoms with van der Waals surface area (Å²) in [4.78, 5) is 0. The first kappa shape index (κ1) is 16.8. The molecule has 1 heterocycles. The predicted octanol–water partition coefficient (Wildman–Crippen LogP) is -0.555. The molecule has 6 nitrogen and oxygen atoms in total. The van der Waals surface area contributed by atoms with Crippen molar-refractivity contribution in [2.24, 2.45) is 11.3 Å². The summed E-state index contributed by atoms with van der Waals surface area (Å²) in [5.74, 6) is -0.00520. The van der Waals surface area contributed by atoms with E-state index in [0.29, 0.717) is 32.7 Å². The Morgan fingerprint density at radius 1 is 1.21 bits per heavy atom. The zero-order valence-corrected chi connectivity index (χ0v) is 12.2. The Kier molecular flexibility index (Phi) is 6.68. The van der Waals surface area contributed by atoms with Crippen LogP contribution in [0.4, 0.5) is 0 Å². The second kappa shape index (κ2) is 7.54. The average molecular weight is 296 g/mol. The number of sulfone groups is 1. The van der Waals surface area contributed by atoms with Gasteiger partial charge in [-0.1, -0.05) is 0 Å². The minimum atomic E-state index is -3.02. The van der Waals surface area contributed by atoms with Gasteiger partial charge in [0.2, 0.25) is 0 Å². The largest absolute Gasteiger partial charge is 0.396 e. The predicted molar refractivity (Wildman–Crippen MR) is 70.7 cm³/mol. The summed E-state index contributed by atoms with van der Waals surface area (Å²) in [6, 6.07) is 0. The number of rotatable bonds is 9. The number of hydrogen-bond acceptors (Lipinski definition) is 6. The Bertz CT molecular complexity index is 349. The first-order valence-corrected chi connectivity index (χ1v) is 8.30. The molecule has 0 amide bonds. The van der Waals surface area contributed by atoms with Crippen molar-refractivity contribution in [1.82, 2.24) is 0 Å². The maximum Gasteiger partial charge on any atom is 0.150 e. The molecule has 1 aliphatic heterocycles. The van der Waals surface area contributed by atoms with Gasteiger partial charge in [0, 0.05) is 19.1 Å². The van der Waals surface area contributed by atoms with Gasteiger partial charge in [-0.2, -0.15) is 0 Å². The van der Waals surface area contributed by atoms with Crippen LogP contribution in [-0.2, 0) is 19.3 Å². The van der Waals surface area contributed by atoms with E-state index in [4.69, 9.17) is 9.47 Å². The summed E-state index contributed by atoms with van der Waals surface area (Å²) in [7, 11) is -1.44. The first-order valence-electron chi connectivity index (χ1n) is 6.48. The van der Waals surface area contributed by atoms with E-state index in [2.05, 4.69) is 0 Å². The van der Waals surface area contributed by atoms with Crippen molar-refractivity contribution in [2.45, 2.75) is 12.8 Å². The molecule has 0 bridgehead atoms. The quantitative estimate of drug-likeness (QED) is 0.554. The van der Waals surface area contributed by atoms with Gasteiger partial charge in [0.25, 0.3) is 0 Å². The molecule has 1 aliphatic rings. The molecule has 0 saturated carbocycles. The van der Waals surface area contributed by atoms with Crippen LogP contribution < -0.4 is 0 Å². The molecule has 19 heavy (non-hydrogen) atoms. The van der Waals surface area contributed by atoms with Crippen LogP contribution in [0.1, 0.15) is 12.8 Å². The molecule has 0 aromatic heterocycles. The van der Waals surface area contributed by atoms with Gasteiger partial charge in [0.1, 0.15) is 0 Å². The summed E-state index contributed by atoms with van der Waals surface area (Å²) in [5, 5.41) is 19.1.